The van der Waals surface area contributed by atoms with Crippen LogP contribution in [0.25, 0.3) is 0 Å². The molecule has 2 amide bonds. The average Bonchev–Trinajstić information content (AvgIpc) is 3.02. The summed E-state index contributed by atoms with van der Waals surface area (Å²) in [7, 11) is 0. The number of nitrogens with zero attached hydrogens (tertiary/aromatic N) is 2. The van der Waals surface area contributed by atoms with E-state index in [0.29, 0.717) is 43.3 Å². The normalized spacial score (nSPS) is 14.7. The van der Waals surface area contributed by atoms with Crippen LogP contribution in [0.3, 0.4) is 0 Å². The molecule has 0 saturated carbocycles. The van der Waals surface area contributed by atoms with Crippen molar-refractivity contribution in [2.75, 3.05) is 30.9 Å². The molecule has 1 atom stereocenters. The third-order valence-electron chi connectivity index (χ3n) is 6.53. The van der Waals surface area contributed by atoms with Crippen molar-refractivity contribution >= 4 is 29.4 Å². The van der Waals surface area contributed by atoms with Gasteiger partial charge in [0.15, 0.2) is 0 Å². The number of nitrogen functional groups attached to an aromatic ring is 1. The molecule has 0 fully saturated rings. The molecular formula is C32H36N6O3S. The Morgan fingerprint density at radius 1 is 1.05 bits per heavy atom. The van der Waals surface area contributed by atoms with Crippen LogP contribution in [-0.2, 0) is 16.0 Å². The lowest BCUT2D eigenvalue weighted by atomic mass is 10.1. The third-order valence-corrected chi connectivity index (χ3v) is 7.64. The molecule has 0 spiro atoms. The second-order valence-corrected chi connectivity index (χ2v) is 10.6. The first-order chi connectivity index (χ1) is 20.5. The number of ether oxygens (including phenoxy) is 1. The Labute approximate surface area is 250 Å². The summed E-state index contributed by atoms with van der Waals surface area (Å²) in [6, 6.07) is 23.7. The molecule has 1 aliphatic rings. The summed E-state index contributed by atoms with van der Waals surface area (Å²) in [5.41, 5.74) is 10.3. The van der Waals surface area contributed by atoms with Gasteiger partial charge in [-0.3, -0.25) is 9.59 Å². The van der Waals surface area contributed by atoms with Gasteiger partial charge in [0, 0.05) is 42.4 Å². The number of hydrogen-bond acceptors (Lipinski definition) is 8. The predicted octanol–water partition coefficient (Wildman–Crippen LogP) is 4.03. The highest BCUT2D eigenvalue weighted by atomic mass is 32.2. The standard InChI is InChI=1S/C32H36N6O3S/c33-30(39)16-14-28-29(41-21-18-24-8-3-1-4-9-24)15-13-26(23-42-27-10-5-2-6-11-27)38(28)20-7-19-35-32(40)25-12-17-31(37-34)36-22-25/h1-6,8-17,22,26H,7,18-21,23,34H2,(H2,33,39)(H,35,40)(H,36,37). The highest BCUT2D eigenvalue weighted by Gasteiger charge is 2.25. The van der Waals surface area contributed by atoms with Crippen molar-refractivity contribution in [2.45, 2.75) is 23.8 Å². The Bertz CT molecular complexity index is 1390. The van der Waals surface area contributed by atoms with Crippen LogP contribution in [0.5, 0.6) is 0 Å². The van der Waals surface area contributed by atoms with E-state index in [2.05, 4.69) is 51.0 Å². The fraction of sp³-hybridized carbons (Fsp3) is 0.219. The van der Waals surface area contributed by atoms with Crippen LogP contribution >= 0.6 is 11.8 Å². The van der Waals surface area contributed by atoms with Gasteiger partial charge in [0.1, 0.15) is 11.6 Å². The van der Waals surface area contributed by atoms with Gasteiger partial charge < -0.3 is 26.1 Å². The summed E-state index contributed by atoms with van der Waals surface area (Å²) in [6.45, 7) is 1.55. The highest BCUT2D eigenvalue weighted by Crippen LogP contribution is 2.29. The molecule has 2 aromatic carbocycles. The zero-order valence-corrected chi connectivity index (χ0v) is 24.1. The lowest BCUT2D eigenvalue weighted by Crippen LogP contribution is -2.39. The van der Waals surface area contributed by atoms with Gasteiger partial charge in [-0.25, -0.2) is 10.8 Å². The predicted molar refractivity (Wildman–Crippen MR) is 167 cm³/mol. The van der Waals surface area contributed by atoms with Crippen molar-refractivity contribution in [3.63, 3.8) is 0 Å². The topological polar surface area (TPSA) is 136 Å². The third kappa shape index (κ3) is 9.25. The van der Waals surface area contributed by atoms with Crippen LogP contribution in [0.4, 0.5) is 5.82 Å². The summed E-state index contributed by atoms with van der Waals surface area (Å²) >= 11 is 1.76. The summed E-state index contributed by atoms with van der Waals surface area (Å²) in [6.07, 6.45) is 10.1. The zero-order valence-electron chi connectivity index (χ0n) is 23.3. The van der Waals surface area contributed by atoms with E-state index in [1.807, 2.05) is 42.5 Å². The van der Waals surface area contributed by atoms with Gasteiger partial charge in [0.2, 0.25) is 5.91 Å². The number of aromatic nitrogens is 1. The van der Waals surface area contributed by atoms with Crippen LogP contribution in [0.1, 0.15) is 22.3 Å². The van der Waals surface area contributed by atoms with E-state index in [-0.39, 0.29) is 11.9 Å². The van der Waals surface area contributed by atoms with Crippen molar-refractivity contribution in [3.8, 4) is 0 Å². The highest BCUT2D eigenvalue weighted by molar-refractivity contribution is 7.99. The quantitative estimate of drug-likeness (QED) is 0.0691. The molecule has 0 saturated heterocycles. The number of benzene rings is 2. The van der Waals surface area contributed by atoms with Gasteiger partial charge in [0.25, 0.3) is 5.91 Å². The van der Waals surface area contributed by atoms with Gasteiger partial charge in [-0.1, -0.05) is 54.6 Å². The van der Waals surface area contributed by atoms with Crippen molar-refractivity contribution in [2.24, 2.45) is 11.6 Å². The van der Waals surface area contributed by atoms with Crippen LogP contribution < -0.4 is 22.3 Å². The smallest absolute Gasteiger partial charge is 0.252 e. The van der Waals surface area contributed by atoms with Crippen molar-refractivity contribution < 1.29 is 14.3 Å². The summed E-state index contributed by atoms with van der Waals surface area (Å²) in [4.78, 5) is 31.8. The van der Waals surface area contributed by atoms with Crippen LogP contribution in [0.2, 0.25) is 0 Å². The number of carbonyl (C=O) groups is 2. The molecule has 1 aliphatic heterocycles. The van der Waals surface area contributed by atoms with Gasteiger partial charge in [-0.2, -0.15) is 0 Å². The number of rotatable bonds is 15. The Morgan fingerprint density at radius 2 is 1.81 bits per heavy atom. The number of amides is 2. The number of nitrogens with two attached hydrogens (primary N) is 2. The van der Waals surface area contributed by atoms with Crippen molar-refractivity contribution in [3.05, 3.63) is 126 Å². The van der Waals surface area contributed by atoms with E-state index >= 15 is 0 Å². The van der Waals surface area contributed by atoms with E-state index in [1.54, 1.807) is 30.0 Å². The lowest BCUT2D eigenvalue weighted by Gasteiger charge is -2.36. The number of nitrogens with one attached hydrogen (secondary N) is 2. The summed E-state index contributed by atoms with van der Waals surface area (Å²) in [5, 5.41) is 2.96. The number of allylic oxidation sites excluding steroid dienone is 2. The van der Waals surface area contributed by atoms with Gasteiger partial charge in [-0.15, -0.1) is 11.8 Å². The molecule has 1 aromatic heterocycles. The van der Waals surface area contributed by atoms with Gasteiger partial charge in [-0.05, 0) is 48.4 Å². The average molecular weight is 585 g/mol. The molecule has 3 aromatic rings. The number of pyridine rings is 1. The molecule has 0 bridgehead atoms. The largest absolute Gasteiger partial charge is 0.491 e. The molecule has 4 rings (SSSR count). The van der Waals surface area contributed by atoms with Crippen LogP contribution in [-0.4, -0.2) is 53.2 Å². The number of hydrazine groups is 1. The fourth-order valence-electron chi connectivity index (χ4n) is 4.39. The Hall–Kier alpha value is -4.54. The molecular weight excluding hydrogens is 548 g/mol. The second-order valence-electron chi connectivity index (χ2n) is 9.50. The van der Waals surface area contributed by atoms with Gasteiger partial charge in [0.05, 0.1) is 23.9 Å². The summed E-state index contributed by atoms with van der Waals surface area (Å²) in [5.74, 6) is 6.55. The molecule has 1 unspecified atom stereocenters. The minimum Gasteiger partial charge on any atom is -0.491 e. The number of hydrogen-bond donors (Lipinski definition) is 4. The zero-order chi connectivity index (χ0) is 29.6. The van der Waals surface area contributed by atoms with Crippen molar-refractivity contribution in [1.29, 1.82) is 0 Å². The number of primary amides is 1. The second kappa shape index (κ2) is 16.0. The number of thioether (sulfide) groups is 1. The number of anilines is 1. The molecule has 2 heterocycles. The van der Waals surface area contributed by atoms with Crippen LogP contribution in [0.15, 0.2) is 120 Å². The number of carbonyl (C=O) groups excluding carboxylic acids is 2. The minimum absolute atomic E-state index is 0.0282. The summed E-state index contributed by atoms with van der Waals surface area (Å²) < 4.78 is 6.24. The van der Waals surface area contributed by atoms with E-state index in [4.69, 9.17) is 16.3 Å². The molecule has 6 N–H and O–H groups in total. The van der Waals surface area contributed by atoms with E-state index in [9.17, 15) is 9.59 Å². The molecule has 42 heavy (non-hydrogen) atoms. The Morgan fingerprint density at radius 3 is 2.50 bits per heavy atom. The molecule has 218 valence electrons. The van der Waals surface area contributed by atoms with Crippen molar-refractivity contribution in [1.82, 2.24) is 15.2 Å². The maximum atomic E-state index is 12.6. The maximum Gasteiger partial charge on any atom is 0.252 e. The van der Waals surface area contributed by atoms with E-state index in [0.717, 1.165) is 17.9 Å². The Balaban J connectivity index is 1.47. The monoisotopic (exact) mass is 584 g/mol. The fourth-order valence-corrected chi connectivity index (χ4v) is 5.39. The SMILES string of the molecule is NNc1ccc(C(=O)NCCCN2C(C=CC(N)=O)=C(OCCc3ccccc3)C=CC2CSc2ccccc2)cn1. The Kier molecular flexibility index (Phi) is 11.6. The van der Waals surface area contributed by atoms with Crippen LogP contribution in [0, 0.1) is 0 Å². The van der Waals surface area contributed by atoms with E-state index < -0.39 is 5.91 Å². The molecule has 0 aliphatic carbocycles. The first kappa shape index (κ1) is 30.4. The minimum atomic E-state index is -0.535. The lowest BCUT2D eigenvalue weighted by molar-refractivity contribution is -0.113. The molecule has 10 heteroatoms. The maximum absolute atomic E-state index is 12.6. The first-order valence-electron chi connectivity index (χ1n) is 13.8. The first-order valence-corrected chi connectivity index (χ1v) is 14.7. The van der Waals surface area contributed by atoms with Gasteiger partial charge >= 0.3 is 0 Å². The molecule has 0 radical (unpaired) electrons. The molecule has 9 nitrogen and oxygen atoms in total. The van der Waals surface area contributed by atoms with E-state index in [1.165, 1.54) is 22.7 Å².